The van der Waals surface area contributed by atoms with Crippen molar-refractivity contribution in [3.05, 3.63) is 30.2 Å². The Labute approximate surface area is 172 Å². The molecule has 3 heterocycles. The zero-order chi connectivity index (χ0) is 17.4. The van der Waals surface area contributed by atoms with Gasteiger partial charge in [-0.1, -0.05) is 18.9 Å². The Morgan fingerprint density at radius 3 is 2.78 bits per heavy atom. The van der Waals surface area contributed by atoms with Gasteiger partial charge in [0.2, 0.25) is 5.91 Å². The Morgan fingerprint density at radius 1 is 1.19 bits per heavy atom. The lowest BCUT2D eigenvalue weighted by Gasteiger charge is -2.42. The first-order valence-electron chi connectivity index (χ1n) is 9.43. The van der Waals surface area contributed by atoms with Gasteiger partial charge in [0.1, 0.15) is 5.82 Å². The molecule has 1 amide bonds. The minimum Gasteiger partial charge on any atom is -0.342 e. The van der Waals surface area contributed by atoms with E-state index >= 15 is 0 Å². The number of carbonyl (C=O) groups is 1. The minimum absolute atomic E-state index is 0. The molecule has 2 aromatic heterocycles. The van der Waals surface area contributed by atoms with Crippen molar-refractivity contribution in [2.75, 3.05) is 13.1 Å². The van der Waals surface area contributed by atoms with Gasteiger partial charge in [0.05, 0.1) is 5.92 Å². The van der Waals surface area contributed by atoms with Gasteiger partial charge in [-0.25, -0.2) is 0 Å². The number of nitrogens with zero attached hydrogens (tertiary/aromatic N) is 4. The third kappa shape index (κ3) is 4.23. The van der Waals surface area contributed by atoms with Crippen molar-refractivity contribution in [3.8, 4) is 0 Å². The number of carbonyl (C=O) groups excluding carboxylic acids is 1. The third-order valence-electron chi connectivity index (χ3n) is 5.99. The predicted molar refractivity (Wildman–Crippen MR) is 111 cm³/mol. The highest BCUT2D eigenvalue weighted by Crippen LogP contribution is 2.35. The Bertz CT molecular complexity index is 778. The molecule has 8 heteroatoms. The summed E-state index contributed by atoms with van der Waals surface area (Å²) in [4.78, 5) is 15.2. The summed E-state index contributed by atoms with van der Waals surface area (Å²) in [5.41, 5.74) is 6.95. The number of amides is 1. The molecule has 0 aromatic carbocycles. The van der Waals surface area contributed by atoms with Crippen molar-refractivity contribution < 1.29 is 4.79 Å². The largest absolute Gasteiger partial charge is 0.342 e. The van der Waals surface area contributed by atoms with Crippen LogP contribution < -0.4 is 5.73 Å². The van der Waals surface area contributed by atoms with Gasteiger partial charge in [0, 0.05) is 30.7 Å². The summed E-state index contributed by atoms with van der Waals surface area (Å²) >= 11 is 0. The second-order valence-corrected chi connectivity index (χ2v) is 7.91. The third-order valence-corrected chi connectivity index (χ3v) is 5.99. The van der Waals surface area contributed by atoms with Crippen LogP contribution in [-0.4, -0.2) is 44.0 Å². The molecule has 1 aliphatic carbocycles. The molecule has 0 radical (unpaired) electrons. The number of hydrogen-bond acceptors (Lipinski definition) is 4. The summed E-state index contributed by atoms with van der Waals surface area (Å²) < 4.78 is 2.05. The molecule has 150 valence electrons. The monoisotopic (exact) mass is 413 g/mol. The first-order chi connectivity index (χ1) is 12.1. The first kappa shape index (κ1) is 21.9. The molecular weight excluding hydrogens is 385 g/mol. The molecule has 2 N–H and O–H groups in total. The number of fused-ring (bicyclic) bond motifs is 1. The molecule has 1 saturated heterocycles. The molecule has 6 nitrogen and oxygen atoms in total. The Kier molecular flexibility index (Phi) is 7.11. The molecule has 2 aliphatic rings. The number of likely N-dealkylation sites (tertiary alicyclic amines) is 1. The van der Waals surface area contributed by atoms with E-state index in [4.69, 9.17) is 5.73 Å². The number of rotatable bonds is 2. The maximum absolute atomic E-state index is 13.2. The van der Waals surface area contributed by atoms with Crippen LogP contribution >= 0.6 is 24.8 Å². The maximum Gasteiger partial charge on any atom is 0.227 e. The number of pyridine rings is 1. The standard InChI is InChI=1S/C19H27N5O.2ClH/c1-19(20)10-4-2-8-15(19)18(25)23-11-6-7-14(13-23)17-22-21-16-9-3-5-12-24(16)17;;/h3,5,9,12,14-15H,2,4,6-8,10-11,13,20H2,1H3;2*1H. The van der Waals surface area contributed by atoms with Crippen LogP contribution in [-0.2, 0) is 4.79 Å². The molecule has 1 aliphatic heterocycles. The van der Waals surface area contributed by atoms with E-state index in [9.17, 15) is 4.79 Å². The van der Waals surface area contributed by atoms with Gasteiger partial charge in [0.15, 0.2) is 5.65 Å². The lowest BCUT2D eigenvalue weighted by atomic mass is 9.73. The summed E-state index contributed by atoms with van der Waals surface area (Å²) in [7, 11) is 0. The predicted octanol–water partition coefficient (Wildman–Crippen LogP) is 3.19. The highest BCUT2D eigenvalue weighted by molar-refractivity contribution is 5.85. The highest BCUT2D eigenvalue weighted by atomic mass is 35.5. The van der Waals surface area contributed by atoms with Gasteiger partial charge in [-0.3, -0.25) is 9.20 Å². The quantitative estimate of drug-likeness (QED) is 0.819. The van der Waals surface area contributed by atoms with Crippen molar-refractivity contribution in [3.63, 3.8) is 0 Å². The number of aromatic nitrogens is 3. The average Bonchev–Trinajstić information content (AvgIpc) is 3.05. The van der Waals surface area contributed by atoms with Crippen LogP contribution in [0.2, 0.25) is 0 Å². The summed E-state index contributed by atoms with van der Waals surface area (Å²) in [6, 6.07) is 5.92. The van der Waals surface area contributed by atoms with E-state index in [-0.39, 0.29) is 48.1 Å². The topological polar surface area (TPSA) is 76.5 Å². The van der Waals surface area contributed by atoms with Crippen LogP contribution in [0, 0.1) is 5.92 Å². The average molecular weight is 414 g/mol. The van der Waals surface area contributed by atoms with E-state index in [0.29, 0.717) is 0 Å². The van der Waals surface area contributed by atoms with Crippen molar-refractivity contribution in [1.29, 1.82) is 0 Å². The van der Waals surface area contributed by atoms with E-state index < -0.39 is 0 Å². The fourth-order valence-corrected chi connectivity index (χ4v) is 4.51. The van der Waals surface area contributed by atoms with Crippen LogP contribution in [0.25, 0.3) is 5.65 Å². The molecule has 1 saturated carbocycles. The van der Waals surface area contributed by atoms with Crippen LogP contribution in [0.1, 0.15) is 57.2 Å². The van der Waals surface area contributed by atoms with Gasteiger partial charge in [0.25, 0.3) is 0 Å². The van der Waals surface area contributed by atoms with Crippen LogP contribution in [0.15, 0.2) is 24.4 Å². The molecule has 4 rings (SSSR count). The molecular formula is C19H29Cl2N5O. The smallest absolute Gasteiger partial charge is 0.227 e. The second kappa shape index (κ2) is 8.76. The van der Waals surface area contributed by atoms with E-state index in [1.807, 2.05) is 40.6 Å². The number of halogens is 2. The highest BCUT2D eigenvalue weighted by Gasteiger charge is 2.41. The lowest BCUT2D eigenvalue weighted by Crippen LogP contribution is -2.55. The zero-order valence-electron chi connectivity index (χ0n) is 15.7. The molecule has 2 fully saturated rings. The van der Waals surface area contributed by atoms with Crippen molar-refractivity contribution >= 4 is 36.4 Å². The van der Waals surface area contributed by atoms with Gasteiger partial charge in [-0.15, -0.1) is 35.0 Å². The molecule has 3 unspecified atom stereocenters. The normalized spacial score (nSPS) is 28.3. The Hall–Kier alpha value is -1.37. The number of hydrogen-bond donors (Lipinski definition) is 1. The van der Waals surface area contributed by atoms with Crippen molar-refractivity contribution in [2.24, 2.45) is 11.7 Å². The van der Waals surface area contributed by atoms with E-state index in [1.165, 1.54) is 0 Å². The Balaban J connectivity index is 0.00000131. The van der Waals surface area contributed by atoms with Crippen molar-refractivity contribution in [1.82, 2.24) is 19.5 Å². The molecule has 3 atom stereocenters. The van der Waals surface area contributed by atoms with Gasteiger partial charge < -0.3 is 10.6 Å². The maximum atomic E-state index is 13.2. The van der Waals surface area contributed by atoms with Crippen LogP contribution in [0.3, 0.4) is 0 Å². The SMILES string of the molecule is CC1(N)CCCCC1C(=O)N1CCCC(c2nnc3ccccn23)C1.Cl.Cl. The molecule has 27 heavy (non-hydrogen) atoms. The van der Waals surface area contributed by atoms with Gasteiger partial charge in [-0.2, -0.15) is 0 Å². The van der Waals surface area contributed by atoms with E-state index in [0.717, 1.165) is 63.1 Å². The fourth-order valence-electron chi connectivity index (χ4n) is 4.51. The fraction of sp³-hybridized carbons (Fsp3) is 0.632. The molecule has 2 aromatic rings. The van der Waals surface area contributed by atoms with E-state index in [2.05, 4.69) is 10.2 Å². The lowest BCUT2D eigenvalue weighted by molar-refractivity contribution is -0.140. The first-order valence-corrected chi connectivity index (χ1v) is 9.43. The van der Waals surface area contributed by atoms with Crippen LogP contribution in [0.4, 0.5) is 0 Å². The second-order valence-electron chi connectivity index (χ2n) is 7.91. The summed E-state index contributed by atoms with van der Waals surface area (Å²) in [5, 5.41) is 8.67. The van der Waals surface area contributed by atoms with E-state index in [1.54, 1.807) is 0 Å². The molecule has 0 bridgehead atoms. The number of piperidine rings is 1. The van der Waals surface area contributed by atoms with Crippen LogP contribution in [0.5, 0.6) is 0 Å². The van der Waals surface area contributed by atoms with Crippen molar-refractivity contribution in [2.45, 2.75) is 56.9 Å². The summed E-state index contributed by atoms with van der Waals surface area (Å²) in [6.07, 6.45) is 8.15. The number of nitrogens with two attached hydrogens (primary N) is 1. The zero-order valence-corrected chi connectivity index (χ0v) is 17.3. The van der Waals surface area contributed by atoms with Gasteiger partial charge >= 0.3 is 0 Å². The summed E-state index contributed by atoms with van der Waals surface area (Å²) in [6.45, 7) is 3.60. The molecule has 0 spiro atoms. The summed E-state index contributed by atoms with van der Waals surface area (Å²) in [5.74, 6) is 1.40. The minimum atomic E-state index is -0.371. The van der Waals surface area contributed by atoms with Gasteiger partial charge in [-0.05, 0) is 44.7 Å². The Morgan fingerprint density at radius 2 is 2.00 bits per heavy atom.